The number of carbonyl (C=O) groups excluding carboxylic acids is 2. The van der Waals surface area contributed by atoms with Crippen LogP contribution in [0.25, 0.3) is 0 Å². The van der Waals surface area contributed by atoms with Crippen LogP contribution in [-0.4, -0.2) is 62.2 Å². The van der Waals surface area contributed by atoms with Gasteiger partial charge < -0.3 is 9.47 Å². The first-order chi connectivity index (χ1) is 19.3. The van der Waals surface area contributed by atoms with Crippen LogP contribution in [0.4, 0.5) is 0 Å². The molecule has 0 bridgehead atoms. The Bertz CT molecular complexity index is 700. The van der Waals surface area contributed by atoms with Crippen molar-refractivity contribution >= 4 is 40.9 Å². The quantitative estimate of drug-likeness (QED) is 0.0382. The molecule has 0 aromatic heterocycles. The summed E-state index contributed by atoms with van der Waals surface area (Å²) in [5.74, 6) is -1.90. The average Bonchev–Trinajstić information content (AvgIpc) is 2.91. The molecule has 0 saturated carbocycles. The second kappa shape index (κ2) is 30.9. The predicted octanol–water partition coefficient (Wildman–Crippen LogP) is 8.74. The molecule has 0 heterocycles. The van der Waals surface area contributed by atoms with Crippen molar-refractivity contribution in [3.05, 3.63) is 0 Å². The SMILES string of the molecule is CCCCCCCCCCCCCCOC(=O)CC(C(=O)OCCCCCCCCCCCCCC)S(=O)(=O)O.[Li]. The van der Waals surface area contributed by atoms with Gasteiger partial charge in [-0.15, -0.1) is 0 Å². The fraction of sp³-hybridized carbons (Fsp3) is 0.938. The minimum Gasteiger partial charge on any atom is -0.466 e. The van der Waals surface area contributed by atoms with Crippen molar-refractivity contribution in [2.24, 2.45) is 0 Å². The van der Waals surface area contributed by atoms with Gasteiger partial charge in [0.15, 0.2) is 5.25 Å². The van der Waals surface area contributed by atoms with Gasteiger partial charge in [0.1, 0.15) is 0 Å². The zero-order chi connectivity index (χ0) is 29.7. The second-order valence-corrected chi connectivity index (χ2v) is 13.0. The number of ether oxygens (including phenoxy) is 2. The van der Waals surface area contributed by atoms with Crippen molar-refractivity contribution in [2.45, 2.75) is 180 Å². The number of hydrogen-bond acceptors (Lipinski definition) is 6. The van der Waals surface area contributed by atoms with E-state index in [0.717, 1.165) is 32.1 Å². The largest absolute Gasteiger partial charge is 0.466 e. The van der Waals surface area contributed by atoms with E-state index in [1.54, 1.807) is 0 Å². The van der Waals surface area contributed by atoms with Crippen molar-refractivity contribution in [2.75, 3.05) is 13.2 Å². The van der Waals surface area contributed by atoms with Gasteiger partial charge in [-0.1, -0.05) is 155 Å². The Labute approximate surface area is 265 Å². The molecule has 239 valence electrons. The van der Waals surface area contributed by atoms with Crippen LogP contribution in [0.2, 0.25) is 0 Å². The van der Waals surface area contributed by atoms with E-state index < -0.39 is 33.7 Å². The Morgan fingerprint density at radius 3 is 1.15 bits per heavy atom. The molecule has 0 saturated heterocycles. The van der Waals surface area contributed by atoms with Crippen molar-refractivity contribution in [1.82, 2.24) is 0 Å². The molecule has 9 heteroatoms. The fourth-order valence-electron chi connectivity index (χ4n) is 4.86. The van der Waals surface area contributed by atoms with Crippen LogP contribution in [0.5, 0.6) is 0 Å². The monoisotopic (exact) mass is 597 g/mol. The fourth-order valence-corrected chi connectivity index (χ4v) is 5.52. The van der Waals surface area contributed by atoms with Crippen LogP contribution < -0.4 is 0 Å². The summed E-state index contributed by atoms with van der Waals surface area (Å²) in [6, 6.07) is 0. The smallest absolute Gasteiger partial charge is 0.327 e. The van der Waals surface area contributed by atoms with E-state index in [4.69, 9.17) is 9.47 Å². The van der Waals surface area contributed by atoms with Crippen LogP contribution in [0, 0.1) is 0 Å². The second-order valence-electron chi connectivity index (χ2n) is 11.4. The third kappa shape index (κ3) is 29.3. The first-order valence-electron chi connectivity index (χ1n) is 16.6. The molecular formula is C32H62LiO7S. The molecule has 1 unspecified atom stereocenters. The summed E-state index contributed by atoms with van der Waals surface area (Å²) in [4.78, 5) is 24.3. The Kier molecular flexibility index (Phi) is 32.1. The number of rotatable bonds is 30. The minimum atomic E-state index is -4.76. The van der Waals surface area contributed by atoms with Crippen molar-refractivity contribution in [3.63, 3.8) is 0 Å². The molecule has 1 atom stereocenters. The van der Waals surface area contributed by atoms with Crippen molar-refractivity contribution in [3.8, 4) is 0 Å². The summed E-state index contributed by atoms with van der Waals surface area (Å²) < 4.78 is 43.0. The van der Waals surface area contributed by atoms with Crippen molar-refractivity contribution in [1.29, 1.82) is 0 Å². The molecule has 0 rings (SSSR count). The van der Waals surface area contributed by atoms with Gasteiger partial charge in [0.2, 0.25) is 0 Å². The Morgan fingerprint density at radius 2 is 0.829 bits per heavy atom. The first kappa shape index (κ1) is 42.6. The summed E-state index contributed by atoms with van der Waals surface area (Å²) in [6.45, 7) is 4.72. The molecule has 0 amide bonds. The maximum absolute atomic E-state index is 12.2. The van der Waals surface area contributed by atoms with Gasteiger partial charge in [-0.25, -0.2) is 0 Å². The van der Waals surface area contributed by atoms with Crippen LogP contribution in [0.3, 0.4) is 0 Å². The number of esters is 2. The molecule has 7 nitrogen and oxygen atoms in total. The molecule has 0 aromatic rings. The van der Waals surface area contributed by atoms with Gasteiger partial charge in [-0.3, -0.25) is 14.1 Å². The van der Waals surface area contributed by atoms with Crippen LogP contribution >= 0.6 is 0 Å². The molecule has 41 heavy (non-hydrogen) atoms. The Morgan fingerprint density at radius 1 is 0.537 bits per heavy atom. The summed E-state index contributed by atoms with van der Waals surface area (Å²) in [6.07, 6.45) is 27.6. The van der Waals surface area contributed by atoms with Crippen LogP contribution in [0.15, 0.2) is 0 Å². The third-order valence-corrected chi connectivity index (χ3v) is 8.56. The van der Waals surface area contributed by atoms with Crippen LogP contribution in [-0.2, 0) is 29.2 Å². The predicted molar refractivity (Wildman–Crippen MR) is 170 cm³/mol. The average molecular weight is 598 g/mol. The number of hydrogen-bond donors (Lipinski definition) is 1. The molecule has 1 radical (unpaired) electrons. The first-order valence-corrected chi connectivity index (χ1v) is 18.1. The molecule has 0 aliphatic carbocycles. The van der Waals surface area contributed by atoms with E-state index in [0.29, 0.717) is 12.8 Å². The molecular weight excluding hydrogens is 535 g/mol. The molecule has 0 spiro atoms. The van der Waals surface area contributed by atoms with Gasteiger partial charge >= 0.3 is 11.9 Å². The van der Waals surface area contributed by atoms with E-state index >= 15 is 0 Å². The topological polar surface area (TPSA) is 107 Å². The molecule has 0 aromatic carbocycles. The van der Waals surface area contributed by atoms with Crippen LogP contribution in [0.1, 0.15) is 174 Å². The van der Waals surface area contributed by atoms with Gasteiger partial charge in [0, 0.05) is 18.9 Å². The Hall–Kier alpha value is -0.553. The maximum atomic E-state index is 12.2. The summed E-state index contributed by atoms with van der Waals surface area (Å²) in [5.41, 5.74) is 0. The summed E-state index contributed by atoms with van der Waals surface area (Å²) in [5, 5.41) is -1.93. The van der Waals surface area contributed by atoms with E-state index in [-0.39, 0.29) is 32.1 Å². The minimum absolute atomic E-state index is 0. The third-order valence-electron chi connectivity index (χ3n) is 7.48. The van der Waals surface area contributed by atoms with E-state index in [1.165, 1.54) is 109 Å². The molecule has 0 aliphatic heterocycles. The Balaban J connectivity index is 0. The van der Waals surface area contributed by atoms with Crippen molar-refractivity contribution < 1.29 is 32.0 Å². The molecule has 1 N–H and O–H groups in total. The van der Waals surface area contributed by atoms with Gasteiger partial charge in [0.25, 0.3) is 10.1 Å². The van der Waals surface area contributed by atoms with Gasteiger partial charge in [-0.2, -0.15) is 8.42 Å². The summed E-state index contributed by atoms with van der Waals surface area (Å²) >= 11 is 0. The number of unbranched alkanes of at least 4 members (excludes halogenated alkanes) is 22. The zero-order valence-electron chi connectivity index (χ0n) is 27.0. The summed E-state index contributed by atoms with van der Waals surface area (Å²) in [7, 11) is -4.76. The standard InChI is InChI=1S/C32H62O7S.Li/c1-3-5-7-9-11-13-15-17-19-21-23-25-27-38-31(33)29-30(40(35,36)37)32(34)39-28-26-24-22-20-18-16-14-12-10-8-6-4-2;/h30H,3-29H2,1-2H3,(H,35,36,37);. The van der Waals surface area contributed by atoms with Gasteiger partial charge in [-0.05, 0) is 12.8 Å². The molecule has 0 aliphatic rings. The van der Waals surface area contributed by atoms with Gasteiger partial charge in [0.05, 0.1) is 19.6 Å². The van der Waals surface area contributed by atoms with E-state index in [1.807, 2.05) is 0 Å². The zero-order valence-corrected chi connectivity index (χ0v) is 27.8. The maximum Gasteiger partial charge on any atom is 0.327 e. The van der Waals surface area contributed by atoms with E-state index in [2.05, 4.69) is 13.8 Å². The van der Waals surface area contributed by atoms with E-state index in [9.17, 15) is 22.6 Å². The number of carbonyl (C=O) groups is 2. The molecule has 0 fully saturated rings. The normalized spacial score (nSPS) is 12.1.